The predicted octanol–water partition coefficient (Wildman–Crippen LogP) is 4.14. The van der Waals surface area contributed by atoms with Crippen molar-refractivity contribution in [2.24, 2.45) is 0 Å². The summed E-state index contributed by atoms with van der Waals surface area (Å²) < 4.78 is 3.75. The van der Waals surface area contributed by atoms with Crippen molar-refractivity contribution >= 4 is 17.1 Å². The van der Waals surface area contributed by atoms with Crippen molar-refractivity contribution in [2.75, 3.05) is 5.32 Å². The third-order valence-corrected chi connectivity index (χ3v) is 4.87. The molecule has 0 aliphatic carbocycles. The average Bonchev–Trinajstić information content (AvgIpc) is 3.42. The summed E-state index contributed by atoms with van der Waals surface area (Å²) in [5.74, 6) is 0.565. The lowest BCUT2D eigenvalue weighted by atomic mass is 10.1. The maximum absolute atomic E-state index is 12.6. The molecular weight excluding hydrogens is 376 g/mol. The molecule has 0 spiro atoms. The molecule has 1 N–H and O–H groups in total. The van der Waals surface area contributed by atoms with Gasteiger partial charge in [-0.25, -0.2) is 4.68 Å². The van der Waals surface area contributed by atoms with Crippen molar-refractivity contribution in [2.45, 2.75) is 6.92 Å². The van der Waals surface area contributed by atoms with E-state index in [0.717, 1.165) is 28.2 Å². The van der Waals surface area contributed by atoms with Crippen molar-refractivity contribution in [1.29, 1.82) is 0 Å². The highest BCUT2D eigenvalue weighted by Gasteiger charge is 2.13. The molecule has 30 heavy (non-hydrogen) atoms. The van der Waals surface area contributed by atoms with E-state index >= 15 is 0 Å². The van der Waals surface area contributed by atoms with Gasteiger partial charge in [0.15, 0.2) is 5.69 Å². The summed E-state index contributed by atoms with van der Waals surface area (Å²) in [6.07, 6.45) is 9.02. The van der Waals surface area contributed by atoms with Crippen LogP contribution in [0.4, 0.5) is 5.69 Å². The van der Waals surface area contributed by atoms with Crippen LogP contribution in [0.2, 0.25) is 0 Å². The van der Waals surface area contributed by atoms with Crippen molar-refractivity contribution in [1.82, 2.24) is 24.1 Å². The van der Waals surface area contributed by atoms with Crippen LogP contribution in [0.15, 0.2) is 85.6 Å². The molecule has 0 atom stereocenters. The molecule has 5 aromatic rings. The van der Waals surface area contributed by atoms with Crippen LogP contribution in [0.25, 0.3) is 22.5 Å². The second kappa shape index (κ2) is 7.29. The van der Waals surface area contributed by atoms with Gasteiger partial charge in [0.25, 0.3) is 5.91 Å². The van der Waals surface area contributed by atoms with Gasteiger partial charge in [0.1, 0.15) is 5.82 Å². The second-order valence-corrected chi connectivity index (χ2v) is 6.93. The van der Waals surface area contributed by atoms with E-state index in [1.165, 1.54) is 0 Å². The van der Waals surface area contributed by atoms with Gasteiger partial charge < -0.3 is 9.72 Å². The zero-order chi connectivity index (χ0) is 20.5. The van der Waals surface area contributed by atoms with E-state index in [2.05, 4.69) is 38.7 Å². The number of amides is 1. The molecule has 0 aliphatic rings. The Labute approximate surface area is 172 Å². The van der Waals surface area contributed by atoms with Gasteiger partial charge in [-0.2, -0.15) is 5.10 Å². The first-order chi connectivity index (χ1) is 14.7. The fraction of sp³-hybridized carbons (Fsp3) is 0.0435. The van der Waals surface area contributed by atoms with Gasteiger partial charge >= 0.3 is 0 Å². The quantitative estimate of drug-likeness (QED) is 0.497. The lowest BCUT2D eigenvalue weighted by Crippen LogP contribution is -2.13. The summed E-state index contributed by atoms with van der Waals surface area (Å²) in [7, 11) is 0. The third kappa shape index (κ3) is 3.33. The summed E-state index contributed by atoms with van der Waals surface area (Å²) in [6, 6.07) is 17.4. The Bertz CT molecular complexity index is 1340. The Balaban J connectivity index is 1.45. The highest BCUT2D eigenvalue weighted by Crippen LogP contribution is 2.22. The minimum absolute atomic E-state index is 0.280. The number of carbonyl (C=O) groups excluding carboxylic acids is 1. The van der Waals surface area contributed by atoms with Gasteiger partial charge in [0.2, 0.25) is 0 Å². The van der Waals surface area contributed by atoms with E-state index in [4.69, 9.17) is 0 Å². The van der Waals surface area contributed by atoms with Crippen LogP contribution in [0, 0.1) is 6.92 Å². The number of rotatable bonds is 4. The lowest BCUT2D eigenvalue weighted by Gasteiger charge is -2.07. The Kier molecular flexibility index (Phi) is 4.33. The summed E-state index contributed by atoms with van der Waals surface area (Å²) in [5.41, 5.74) is 5.04. The molecule has 0 radical (unpaired) electrons. The molecule has 0 aromatic carbocycles. The van der Waals surface area contributed by atoms with E-state index in [1.54, 1.807) is 35.5 Å². The summed E-state index contributed by atoms with van der Waals surface area (Å²) in [5, 5.41) is 7.29. The molecule has 1 amide bonds. The number of hydrogen-bond donors (Lipinski definition) is 1. The van der Waals surface area contributed by atoms with Crippen LogP contribution in [-0.4, -0.2) is 30.1 Å². The topological polar surface area (TPSA) is 77.1 Å². The normalized spacial score (nSPS) is 11.0. The molecule has 7 nitrogen and oxygen atoms in total. The van der Waals surface area contributed by atoms with Crippen LogP contribution in [0.5, 0.6) is 0 Å². The standard InChI is InChI=1S/C23H18N6O/c1-16-2-4-19(14-25-16)26-23(30)21-10-13-29(27-21)22-7-6-20-5-3-18(15-28(20)22)17-8-11-24-12-9-17/h2-15H,1H3,(H,26,30). The van der Waals surface area contributed by atoms with Crippen LogP contribution >= 0.6 is 0 Å². The van der Waals surface area contributed by atoms with E-state index < -0.39 is 0 Å². The van der Waals surface area contributed by atoms with Crippen LogP contribution in [-0.2, 0) is 0 Å². The molecule has 5 heterocycles. The predicted molar refractivity (Wildman–Crippen MR) is 115 cm³/mol. The number of nitrogens with zero attached hydrogens (tertiary/aromatic N) is 5. The molecule has 0 aliphatic heterocycles. The van der Waals surface area contributed by atoms with Gasteiger partial charge in [-0.05, 0) is 66.6 Å². The average molecular weight is 394 g/mol. The van der Waals surface area contributed by atoms with Crippen LogP contribution in [0.1, 0.15) is 16.2 Å². The molecular formula is C23H18N6O. The van der Waals surface area contributed by atoms with E-state index in [9.17, 15) is 4.79 Å². The van der Waals surface area contributed by atoms with Crippen LogP contribution in [0.3, 0.4) is 0 Å². The van der Waals surface area contributed by atoms with Crippen molar-refractivity contribution < 1.29 is 4.79 Å². The zero-order valence-electron chi connectivity index (χ0n) is 16.2. The van der Waals surface area contributed by atoms with Gasteiger partial charge in [0.05, 0.1) is 11.9 Å². The molecule has 5 aromatic heterocycles. The van der Waals surface area contributed by atoms with E-state index in [0.29, 0.717) is 11.4 Å². The minimum atomic E-state index is -0.280. The van der Waals surface area contributed by atoms with Gasteiger partial charge in [-0.3, -0.25) is 14.8 Å². The number of nitrogens with one attached hydrogen (secondary N) is 1. The summed E-state index contributed by atoms with van der Waals surface area (Å²) in [4.78, 5) is 20.8. The Morgan fingerprint density at radius 2 is 1.77 bits per heavy atom. The molecule has 7 heteroatoms. The number of aromatic nitrogens is 5. The molecule has 0 unspecified atom stereocenters. The van der Waals surface area contributed by atoms with Crippen molar-refractivity contribution in [3.05, 3.63) is 97.0 Å². The van der Waals surface area contributed by atoms with Gasteiger partial charge in [0, 0.05) is 36.0 Å². The first-order valence-electron chi connectivity index (χ1n) is 9.49. The lowest BCUT2D eigenvalue weighted by molar-refractivity contribution is 0.102. The number of aryl methyl sites for hydroxylation is 1. The number of pyridine rings is 3. The fourth-order valence-electron chi connectivity index (χ4n) is 3.30. The van der Waals surface area contributed by atoms with Crippen molar-refractivity contribution in [3.8, 4) is 16.9 Å². The van der Waals surface area contributed by atoms with Crippen LogP contribution < -0.4 is 5.32 Å². The number of carbonyl (C=O) groups is 1. The van der Waals surface area contributed by atoms with Gasteiger partial charge in [-0.15, -0.1) is 0 Å². The Morgan fingerprint density at radius 3 is 2.57 bits per heavy atom. The largest absolute Gasteiger partial charge is 0.319 e. The molecule has 0 fully saturated rings. The molecule has 146 valence electrons. The maximum Gasteiger partial charge on any atom is 0.276 e. The van der Waals surface area contributed by atoms with E-state index in [-0.39, 0.29) is 5.91 Å². The number of fused-ring (bicyclic) bond motifs is 1. The highest BCUT2D eigenvalue weighted by molar-refractivity contribution is 6.02. The monoisotopic (exact) mass is 394 g/mol. The highest BCUT2D eigenvalue weighted by atomic mass is 16.1. The molecule has 0 saturated carbocycles. The molecule has 5 rings (SSSR count). The number of hydrogen-bond acceptors (Lipinski definition) is 4. The minimum Gasteiger partial charge on any atom is -0.319 e. The molecule has 0 saturated heterocycles. The molecule has 0 bridgehead atoms. The summed E-state index contributed by atoms with van der Waals surface area (Å²) in [6.45, 7) is 1.90. The Hall–Kier alpha value is -4.26. The maximum atomic E-state index is 12.6. The second-order valence-electron chi connectivity index (χ2n) is 6.93. The van der Waals surface area contributed by atoms with Crippen molar-refractivity contribution in [3.63, 3.8) is 0 Å². The third-order valence-electron chi connectivity index (χ3n) is 4.87. The van der Waals surface area contributed by atoms with Gasteiger partial charge in [-0.1, -0.05) is 6.07 Å². The first kappa shape index (κ1) is 17.8. The zero-order valence-corrected chi connectivity index (χ0v) is 16.2. The van der Waals surface area contributed by atoms with E-state index in [1.807, 2.05) is 47.7 Å². The fourth-order valence-corrected chi connectivity index (χ4v) is 3.30. The summed E-state index contributed by atoms with van der Waals surface area (Å²) >= 11 is 0. The first-order valence-corrected chi connectivity index (χ1v) is 9.49. The SMILES string of the molecule is Cc1ccc(NC(=O)c2ccn(-c3ccc4ccc(-c5ccncc5)cn34)n2)cn1. The Morgan fingerprint density at radius 1 is 0.933 bits per heavy atom. The number of anilines is 1. The smallest absolute Gasteiger partial charge is 0.276 e.